The van der Waals surface area contributed by atoms with Crippen LogP contribution in [0.5, 0.6) is 5.75 Å². The molecule has 1 heterocycles. The fourth-order valence-electron chi connectivity index (χ4n) is 2.63. The van der Waals surface area contributed by atoms with E-state index in [2.05, 4.69) is 11.4 Å². The fourth-order valence-corrected chi connectivity index (χ4v) is 2.83. The number of amides is 1. The molecule has 0 aromatic heterocycles. The Morgan fingerprint density at radius 2 is 1.90 bits per heavy atom. The van der Waals surface area contributed by atoms with Gasteiger partial charge < -0.3 is 10.1 Å². The number of aryl methyl sites for hydroxylation is 2. The number of halogens is 1. The Kier molecular flexibility index (Phi) is 3.60. The van der Waals surface area contributed by atoms with Gasteiger partial charge in [-0.25, -0.2) is 0 Å². The lowest BCUT2D eigenvalue weighted by Crippen LogP contribution is -2.31. The maximum atomic E-state index is 12.3. The average Bonchev–Trinajstić information content (AvgIpc) is 2.80. The van der Waals surface area contributed by atoms with E-state index in [0.29, 0.717) is 11.4 Å². The zero-order valence-electron chi connectivity index (χ0n) is 11.9. The lowest BCUT2D eigenvalue weighted by atomic mass is 10.1. The number of fused-ring (bicyclic) bond motifs is 1. The van der Waals surface area contributed by atoms with Gasteiger partial charge in [0, 0.05) is 17.1 Å². The van der Waals surface area contributed by atoms with Gasteiger partial charge in [-0.1, -0.05) is 17.7 Å². The SMILES string of the molecule is Cc1cc(C)cc(NC(=O)C2Cc3cc(Cl)ccc3O2)c1. The first-order valence-corrected chi connectivity index (χ1v) is 7.23. The van der Waals surface area contributed by atoms with Crippen molar-refractivity contribution in [2.24, 2.45) is 0 Å². The second-order valence-corrected chi connectivity index (χ2v) is 5.86. The zero-order chi connectivity index (χ0) is 15.0. The zero-order valence-corrected chi connectivity index (χ0v) is 12.7. The first kappa shape index (κ1) is 14.0. The molecule has 3 rings (SSSR count). The van der Waals surface area contributed by atoms with Gasteiger partial charge in [0.05, 0.1) is 0 Å². The van der Waals surface area contributed by atoms with Crippen molar-refractivity contribution in [2.45, 2.75) is 26.4 Å². The maximum absolute atomic E-state index is 12.3. The van der Waals surface area contributed by atoms with E-state index in [1.54, 1.807) is 6.07 Å². The first-order valence-electron chi connectivity index (χ1n) is 6.85. The molecule has 0 aliphatic carbocycles. The average molecular weight is 302 g/mol. The summed E-state index contributed by atoms with van der Waals surface area (Å²) in [6, 6.07) is 11.4. The Morgan fingerprint density at radius 1 is 1.19 bits per heavy atom. The van der Waals surface area contributed by atoms with Gasteiger partial charge in [0.1, 0.15) is 5.75 Å². The predicted molar refractivity (Wildman–Crippen MR) is 84.1 cm³/mol. The number of hydrogen-bond donors (Lipinski definition) is 1. The highest BCUT2D eigenvalue weighted by Gasteiger charge is 2.29. The van der Waals surface area contributed by atoms with Gasteiger partial charge in [0.15, 0.2) is 6.10 Å². The molecule has 2 aromatic carbocycles. The van der Waals surface area contributed by atoms with E-state index in [4.69, 9.17) is 16.3 Å². The van der Waals surface area contributed by atoms with Gasteiger partial charge in [-0.3, -0.25) is 4.79 Å². The summed E-state index contributed by atoms with van der Waals surface area (Å²) < 4.78 is 5.69. The fraction of sp³-hybridized carbons (Fsp3) is 0.235. The van der Waals surface area contributed by atoms with Crippen LogP contribution in [0.3, 0.4) is 0 Å². The molecule has 21 heavy (non-hydrogen) atoms. The molecule has 2 aromatic rings. The van der Waals surface area contributed by atoms with Crippen molar-refractivity contribution in [3.63, 3.8) is 0 Å². The molecule has 108 valence electrons. The smallest absolute Gasteiger partial charge is 0.265 e. The summed E-state index contributed by atoms with van der Waals surface area (Å²) in [6.07, 6.45) is 0.0475. The summed E-state index contributed by atoms with van der Waals surface area (Å²) in [5.41, 5.74) is 4.01. The molecule has 1 amide bonds. The van der Waals surface area contributed by atoms with Crippen molar-refractivity contribution in [3.8, 4) is 5.75 Å². The summed E-state index contributed by atoms with van der Waals surface area (Å²) in [6.45, 7) is 4.01. The molecule has 1 unspecified atom stereocenters. The number of rotatable bonds is 2. The minimum atomic E-state index is -0.501. The lowest BCUT2D eigenvalue weighted by molar-refractivity contribution is -0.122. The second-order valence-electron chi connectivity index (χ2n) is 5.43. The van der Waals surface area contributed by atoms with Crippen molar-refractivity contribution in [3.05, 3.63) is 58.1 Å². The third-order valence-corrected chi connectivity index (χ3v) is 3.71. The molecule has 4 heteroatoms. The Hall–Kier alpha value is -2.00. The third kappa shape index (κ3) is 3.03. The van der Waals surface area contributed by atoms with Crippen LogP contribution in [0.25, 0.3) is 0 Å². The number of anilines is 1. The van der Waals surface area contributed by atoms with E-state index in [9.17, 15) is 4.79 Å². The molecule has 1 atom stereocenters. The van der Waals surface area contributed by atoms with E-state index in [-0.39, 0.29) is 5.91 Å². The van der Waals surface area contributed by atoms with Crippen LogP contribution >= 0.6 is 11.6 Å². The monoisotopic (exact) mass is 301 g/mol. The van der Waals surface area contributed by atoms with Gasteiger partial charge in [-0.15, -0.1) is 0 Å². The summed E-state index contributed by atoms with van der Waals surface area (Å²) in [4.78, 5) is 12.3. The second kappa shape index (κ2) is 5.41. The van der Waals surface area contributed by atoms with Crippen LogP contribution in [0.4, 0.5) is 5.69 Å². The minimum absolute atomic E-state index is 0.132. The summed E-state index contributed by atoms with van der Waals surface area (Å²) in [5.74, 6) is 0.604. The van der Waals surface area contributed by atoms with Crippen LogP contribution in [0.15, 0.2) is 36.4 Å². The Bertz CT molecular complexity index is 692. The standard InChI is InChI=1S/C17H16ClNO2/c1-10-5-11(2)7-14(6-10)19-17(20)16-9-12-8-13(18)3-4-15(12)21-16/h3-8,16H,9H2,1-2H3,(H,19,20). The largest absolute Gasteiger partial charge is 0.480 e. The predicted octanol–water partition coefficient (Wildman–Crippen LogP) is 3.90. The number of hydrogen-bond acceptors (Lipinski definition) is 2. The molecule has 0 saturated carbocycles. The van der Waals surface area contributed by atoms with Crippen molar-refractivity contribution in [1.82, 2.24) is 0 Å². The first-order chi connectivity index (χ1) is 10.0. The molecule has 1 aliphatic heterocycles. The lowest BCUT2D eigenvalue weighted by Gasteiger charge is -2.12. The van der Waals surface area contributed by atoms with Crippen LogP contribution in [0, 0.1) is 13.8 Å². The summed E-state index contributed by atoms with van der Waals surface area (Å²) in [7, 11) is 0. The van der Waals surface area contributed by atoms with Gasteiger partial charge in [0.2, 0.25) is 0 Å². The molecule has 3 nitrogen and oxygen atoms in total. The molecule has 1 N–H and O–H groups in total. The normalized spacial score (nSPS) is 16.2. The molecule has 0 radical (unpaired) electrons. The summed E-state index contributed by atoms with van der Waals surface area (Å²) in [5, 5.41) is 3.58. The number of benzene rings is 2. The Balaban J connectivity index is 1.73. The molecule has 0 spiro atoms. The quantitative estimate of drug-likeness (QED) is 0.913. The van der Waals surface area contributed by atoms with Crippen LogP contribution in [-0.4, -0.2) is 12.0 Å². The highest BCUT2D eigenvalue weighted by atomic mass is 35.5. The molecule has 1 aliphatic rings. The van der Waals surface area contributed by atoms with E-state index >= 15 is 0 Å². The van der Waals surface area contributed by atoms with E-state index in [1.165, 1.54) is 0 Å². The van der Waals surface area contributed by atoms with Gasteiger partial charge in [-0.05, 0) is 60.9 Å². The van der Waals surface area contributed by atoms with Crippen molar-refractivity contribution in [1.29, 1.82) is 0 Å². The number of carbonyl (C=O) groups excluding carboxylic acids is 1. The van der Waals surface area contributed by atoms with Crippen molar-refractivity contribution in [2.75, 3.05) is 5.32 Å². The van der Waals surface area contributed by atoms with E-state index in [1.807, 2.05) is 38.1 Å². The highest BCUT2D eigenvalue weighted by molar-refractivity contribution is 6.30. The van der Waals surface area contributed by atoms with Crippen LogP contribution in [-0.2, 0) is 11.2 Å². The van der Waals surface area contributed by atoms with Crippen molar-refractivity contribution < 1.29 is 9.53 Å². The number of nitrogens with one attached hydrogen (secondary N) is 1. The van der Waals surface area contributed by atoms with Gasteiger partial charge in [-0.2, -0.15) is 0 Å². The van der Waals surface area contributed by atoms with Gasteiger partial charge in [0.25, 0.3) is 5.91 Å². The molecular weight excluding hydrogens is 286 g/mol. The molecule has 0 fully saturated rings. The molecule has 0 bridgehead atoms. The minimum Gasteiger partial charge on any atom is -0.480 e. The van der Waals surface area contributed by atoms with E-state index in [0.717, 1.165) is 28.1 Å². The summed E-state index contributed by atoms with van der Waals surface area (Å²) >= 11 is 5.96. The third-order valence-electron chi connectivity index (χ3n) is 3.48. The van der Waals surface area contributed by atoms with Crippen molar-refractivity contribution >= 4 is 23.2 Å². The maximum Gasteiger partial charge on any atom is 0.265 e. The van der Waals surface area contributed by atoms with E-state index < -0.39 is 6.10 Å². The van der Waals surface area contributed by atoms with Crippen LogP contribution < -0.4 is 10.1 Å². The Labute approximate surface area is 128 Å². The van der Waals surface area contributed by atoms with Crippen LogP contribution in [0.1, 0.15) is 16.7 Å². The number of ether oxygens (including phenoxy) is 1. The Morgan fingerprint density at radius 3 is 2.62 bits per heavy atom. The molecular formula is C17H16ClNO2. The van der Waals surface area contributed by atoms with Gasteiger partial charge >= 0.3 is 0 Å². The van der Waals surface area contributed by atoms with Crippen LogP contribution in [0.2, 0.25) is 5.02 Å². The number of carbonyl (C=O) groups is 1. The topological polar surface area (TPSA) is 38.3 Å². The highest BCUT2D eigenvalue weighted by Crippen LogP contribution is 2.31. The molecule has 0 saturated heterocycles.